The number of rotatable bonds is 4. The van der Waals surface area contributed by atoms with Gasteiger partial charge in [0.1, 0.15) is 0 Å². The summed E-state index contributed by atoms with van der Waals surface area (Å²) in [6.45, 7) is 9.21. The normalized spacial score (nSPS) is 23.5. The van der Waals surface area contributed by atoms with Gasteiger partial charge in [0.25, 0.3) is 0 Å². The number of imidazole rings is 1. The highest BCUT2D eigenvalue weighted by atomic mass is 32.1. The number of hydrogen-bond donors (Lipinski definition) is 1. The van der Waals surface area contributed by atoms with Gasteiger partial charge in [-0.05, 0) is 33.1 Å². The quantitative estimate of drug-likeness (QED) is 0.934. The van der Waals surface area contributed by atoms with Crippen molar-refractivity contribution >= 4 is 16.3 Å². The van der Waals surface area contributed by atoms with Crippen LogP contribution in [-0.2, 0) is 11.3 Å². The van der Waals surface area contributed by atoms with Gasteiger partial charge in [-0.15, -0.1) is 11.3 Å². The van der Waals surface area contributed by atoms with E-state index in [9.17, 15) is 0 Å². The number of thiazole rings is 1. The predicted molar refractivity (Wildman–Crippen MR) is 77.8 cm³/mol. The van der Waals surface area contributed by atoms with Crippen LogP contribution < -0.4 is 5.32 Å². The molecule has 1 N–H and O–H groups in total. The second kappa shape index (κ2) is 5.23. The summed E-state index contributed by atoms with van der Waals surface area (Å²) < 4.78 is 7.81. The van der Waals surface area contributed by atoms with Crippen molar-refractivity contribution < 1.29 is 4.74 Å². The van der Waals surface area contributed by atoms with Crippen LogP contribution in [0, 0.1) is 19.8 Å². The zero-order valence-corrected chi connectivity index (χ0v) is 12.6. The van der Waals surface area contributed by atoms with Gasteiger partial charge in [-0.2, -0.15) is 0 Å². The van der Waals surface area contributed by atoms with Crippen LogP contribution in [-0.4, -0.2) is 28.6 Å². The van der Waals surface area contributed by atoms with E-state index in [4.69, 9.17) is 4.74 Å². The Morgan fingerprint density at radius 1 is 1.53 bits per heavy atom. The van der Waals surface area contributed by atoms with Crippen molar-refractivity contribution in [2.24, 2.45) is 5.92 Å². The van der Waals surface area contributed by atoms with Gasteiger partial charge in [0.05, 0.1) is 17.5 Å². The molecular weight excluding hydrogens is 258 g/mol. The summed E-state index contributed by atoms with van der Waals surface area (Å²) in [5.41, 5.74) is 2.42. The number of nitrogens with one attached hydrogen (secondary N) is 1. The molecule has 0 bridgehead atoms. The molecule has 0 aliphatic carbocycles. The van der Waals surface area contributed by atoms with E-state index in [1.54, 1.807) is 11.3 Å². The number of fused-ring (bicyclic) bond motifs is 1. The van der Waals surface area contributed by atoms with Crippen molar-refractivity contribution in [3.05, 3.63) is 22.5 Å². The summed E-state index contributed by atoms with van der Waals surface area (Å²) >= 11 is 1.75. The van der Waals surface area contributed by atoms with Crippen molar-refractivity contribution in [3.8, 4) is 0 Å². The molecule has 1 saturated heterocycles. The minimum atomic E-state index is 0.391. The maximum Gasteiger partial charge on any atom is 0.194 e. The molecule has 5 heteroatoms. The van der Waals surface area contributed by atoms with Crippen LogP contribution in [0.15, 0.2) is 6.20 Å². The lowest BCUT2D eigenvalue weighted by Gasteiger charge is -2.14. The predicted octanol–water partition coefficient (Wildman–Crippen LogP) is 2.53. The molecule has 0 amide bonds. The van der Waals surface area contributed by atoms with Crippen LogP contribution in [0.4, 0.5) is 0 Å². The number of aryl methyl sites for hydroxylation is 2. The summed E-state index contributed by atoms with van der Waals surface area (Å²) in [4.78, 5) is 7.02. The maximum atomic E-state index is 5.59. The van der Waals surface area contributed by atoms with Gasteiger partial charge >= 0.3 is 0 Å². The molecule has 0 saturated carbocycles. The van der Waals surface area contributed by atoms with E-state index in [2.05, 4.69) is 41.7 Å². The topological polar surface area (TPSA) is 38.6 Å². The molecule has 2 atom stereocenters. The molecule has 0 aromatic carbocycles. The maximum absolute atomic E-state index is 5.59. The second-order valence-electron chi connectivity index (χ2n) is 5.39. The zero-order valence-electron chi connectivity index (χ0n) is 11.8. The Morgan fingerprint density at radius 3 is 3.11 bits per heavy atom. The minimum absolute atomic E-state index is 0.391. The third kappa shape index (κ3) is 2.55. The molecule has 1 aliphatic rings. The minimum Gasteiger partial charge on any atom is -0.378 e. The largest absolute Gasteiger partial charge is 0.378 e. The molecule has 3 heterocycles. The molecule has 2 aromatic heterocycles. The fraction of sp³-hybridized carbons (Fsp3) is 0.643. The molecule has 3 rings (SSSR count). The van der Waals surface area contributed by atoms with Crippen molar-refractivity contribution in [1.82, 2.24) is 14.7 Å². The van der Waals surface area contributed by atoms with Gasteiger partial charge in [0, 0.05) is 30.8 Å². The van der Waals surface area contributed by atoms with Gasteiger partial charge < -0.3 is 10.1 Å². The summed E-state index contributed by atoms with van der Waals surface area (Å²) in [5, 5.41) is 3.57. The molecule has 1 aliphatic heterocycles. The SMILES string of the molecule is Cc1cn2c(CNCC3CCOC3C)c(C)nc2s1. The van der Waals surface area contributed by atoms with Gasteiger partial charge in [0.15, 0.2) is 4.96 Å². The third-order valence-electron chi connectivity index (χ3n) is 3.97. The summed E-state index contributed by atoms with van der Waals surface area (Å²) in [6.07, 6.45) is 3.74. The fourth-order valence-corrected chi connectivity index (χ4v) is 3.63. The first-order valence-electron chi connectivity index (χ1n) is 6.91. The molecule has 19 heavy (non-hydrogen) atoms. The van der Waals surface area contributed by atoms with Crippen LogP contribution in [0.2, 0.25) is 0 Å². The highest BCUT2D eigenvalue weighted by Crippen LogP contribution is 2.22. The van der Waals surface area contributed by atoms with Crippen molar-refractivity contribution in [2.75, 3.05) is 13.2 Å². The molecule has 4 nitrogen and oxygen atoms in total. The van der Waals surface area contributed by atoms with Crippen molar-refractivity contribution in [3.63, 3.8) is 0 Å². The fourth-order valence-electron chi connectivity index (χ4n) is 2.74. The second-order valence-corrected chi connectivity index (χ2v) is 6.61. The molecular formula is C14H21N3OS. The van der Waals surface area contributed by atoms with Crippen LogP contribution >= 0.6 is 11.3 Å². The van der Waals surface area contributed by atoms with Crippen molar-refractivity contribution in [2.45, 2.75) is 39.8 Å². The average Bonchev–Trinajstić information content (AvgIpc) is 2.98. The van der Waals surface area contributed by atoms with E-state index in [1.807, 2.05) is 0 Å². The molecule has 1 fully saturated rings. The van der Waals surface area contributed by atoms with Crippen LogP contribution in [0.1, 0.15) is 29.6 Å². The first-order valence-corrected chi connectivity index (χ1v) is 7.73. The Bertz CT molecular complexity index is 575. The lowest BCUT2D eigenvalue weighted by atomic mass is 10.0. The first-order chi connectivity index (χ1) is 9.15. The number of hydrogen-bond acceptors (Lipinski definition) is 4. The lowest BCUT2D eigenvalue weighted by molar-refractivity contribution is 0.105. The summed E-state index contributed by atoms with van der Waals surface area (Å²) in [5.74, 6) is 0.646. The van der Waals surface area contributed by atoms with Crippen LogP contribution in [0.3, 0.4) is 0 Å². The van der Waals surface area contributed by atoms with Gasteiger partial charge in [0.2, 0.25) is 0 Å². The van der Waals surface area contributed by atoms with Gasteiger partial charge in [-0.1, -0.05) is 0 Å². The van der Waals surface area contributed by atoms with E-state index in [1.165, 1.54) is 17.0 Å². The third-order valence-corrected chi connectivity index (χ3v) is 4.87. The Balaban J connectivity index is 1.66. The lowest BCUT2D eigenvalue weighted by Crippen LogP contribution is -2.27. The molecule has 2 unspecified atom stereocenters. The highest BCUT2D eigenvalue weighted by Gasteiger charge is 2.23. The molecule has 0 radical (unpaired) electrons. The van der Waals surface area contributed by atoms with E-state index >= 15 is 0 Å². The molecule has 104 valence electrons. The van der Waals surface area contributed by atoms with Crippen LogP contribution in [0.5, 0.6) is 0 Å². The smallest absolute Gasteiger partial charge is 0.194 e. The summed E-state index contributed by atoms with van der Waals surface area (Å²) in [6, 6.07) is 0. The highest BCUT2D eigenvalue weighted by molar-refractivity contribution is 7.17. The average molecular weight is 279 g/mol. The van der Waals surface area contributed by atoms with E-state index in [0.717, 1.165) is 30.4 Å². The number of ether oxygens (including phenoxy) is 1. The van der Waals surface area contributed by atoms with E-state index in [-0.39, 0.29) is 0 Å². The monoisotopic (exact) mass is 279 g/mol. The first kappa shape index (κ1) is 13.1. The summed E-state index contributed by atoms with van der Waals surface area (Å²) in [7, 11) is 0. The number of nitrogens with zero attached hydrogens (tertiary/aromatic N) is 2. The Labute approximate surface area is 117 Å². The van der Waals surface area contributed by atoms with Crippen molar-refractivity contribution in [1.29, 1.82) is 0 Å². The Kier molecular flexibility index (Phi) is 3.60. The van der Waals surface area contributed by atoms with Gasteiger partial charge in [-0.25, -0.2) is 4.98 Å². The number of aromatic nitrogens is 2. The van der Waals surface area contributed by atoms with Crippen LogP contribution in [0.25, 0.3) is 4.96 Å². The van der Waals surface area contributed by atoms with E-state index in [0.29, 0.717) is 12.0 Å². The standard InChI is InChI=1S/C14H21N3OS/c1-9-8-17-13(10(2)16-14(17)19-9)7-15-6-12-4-5-18-11(12)3/h8,11-12,15H,4-7H2,1-3H3. The Morgan fingerprint density at radius 2 is 2.37 bits per heavy atom. The molecule has 0 spiro atoms. The van der Waals surface area contributed by atoms with E-state index < -0.39 is 0 Å². The zero-order chi connectivity index (χ0) is 13.4. The van der Waals surface area contributed by atoms with Gasteiger partial charge in [-0.3, -0.25) is 4.40 Å². The Hall–Kier alpha value is -0.910. The molecule has 2 aromatic rings.